The largest absolute Gasteiger partial charge is 0.438 e. The highest BCUT2D eigenvalue weighted by Gasteiger charge is 2.27. The van der Waals surface area contributed by atoms with Crippen molar-refractivity contribution in [3.05, 3.63) is 132 Å². The van der Waals surface area contributed by atoms with Crippen LogP contribution in [0.2, 0.25) is 0 Å². The first-order valence-corrected chi connectivity index (χ1v) is 16.1. The molecule has 0 saturated heterocycles. The van der Waals surface area contributed by atoms with Crippen molar-refractivity contribution in [2.45, 2.75) is 47.0 Å². The number of fused-ring (bicyclic) bond motifs is 4. The summed E-state index contributed by atoms with van der Waals surface area (Å²) in [6, 6.07) is 36.5. The number of nitrogens with zero attached hydrogens (tertiary/aromatic N) is 4. The molecule has 4 heterocycles. The smallest absolute Gasteiger partial charge is 0.227 e. The first-order valence-electron chi connectivity index (χ1n) is 16.1. The summed E-state index contributed by atoms with van der Waals surface area (Å²) in [5, 5.41) is 2.06. The Morgan fingerprint density at radius 3 is 1.98 bits per heavy atom. The number of aromatic nitrogens is 4. The third kappa shape index (κ3) is 4.81. The number of aryl methyl sites for hydroxylation is 3. The van der Waals surface area contributed by atoms with Crippen LogP contribution in [0.1, 0.15) is 43.3 Å². The summed E-state index contributed by atoms with van der Waals surface area (Å²) in [5.74, 6) is 0.811. The first-order chi connectivity index (χ1) is 22.7. The van der Waals surface area contributed by atoms with Gasteiger partial charge in [0, 0.05) is 39.4 Å². The van der Waals surface area contributed by atoms with E-state index >= 15 is 0 Å². The molecule has 4 aromatic carbocycles. The predicted octanol–water partition coefficient (Wildman–Crippen LogP) is 10.9. The van der Waals surface area contributed by atoms with Crippen LogP contribution in [-0.4, -0.2) is 19.5 Å². The van der Waals surface area contributed by atoms with Crippen molar-refractivity contribution in [3.63, 3.8) is 0 Å². The molecular weight excluding hydrogens is 576 g/mol. The molecule has 8 rings (SSSR count). The number of pyridine rings is 2. The van der Waals surface area contributed by atoms with Crippen LogP contribution in [0.5, 0.6) is 0 Å². The van der Waals surface area contributed by atoms with Crippen LogP contribution in [0.15, 0.2) is 114 Å². The van der Waals surface area contributed by atoms with Crippen molar-refractivity contribution in [3.8, 4) is 39.3 Å². The molecule has 0 radical (unpaired) electrons. The molecule has 0 saturated carbocycles. The molecule has 8 aromatic rings. The van der Waals surface area contributed by atoms with Crippen molar-refractivity contribution in [1.82, 2.24) is 19.5 Å². The summed E-state index contributed by atoms with van der Waals surface area (Å²) < 4.78 is 8.51. The minimum Gasteiger partial charge on any atom is -0.438 e. The summed E-state index contributed by atoms with van der Waals surface area (Å²) in [7, 11) is 0. The lowest BCUT2D eigenvalue weighted by Gasteiger charge is -2.26. The Hall–Kier alpha value is -5.55. The van der Waals surface area contributed by atoms with Gasteiger partial charge in [0.05, 0.1) is 22.4 Å². The van der Waals surface area contributed by atoms with Gasteiger partial charge < -0.3 is 4.42 Å². The van der Waals surface area contributed by atoms with Crippen molar-refractivity contribution < 1.29 is 4.42 Å². The molecule has 230 valence electrons. The van der Waals surface area contributed by atoms with E-state index in [4.69, 9.17) is 19.4 Å². The third-order valence-corrected chi connectivity index (χ3v) is 9.13. The zero-order valence-corrected chi connectivity index (χ0v) is 27.6. The number of furan rings is 1. The molecule has 0 fully saturated rings. The topological polar surface area (TPSA) is 56.7 Å². The quantitative estimate of drug-likeness (QED) is 0.198. The lowest BCUT2D eigenvalue weighted by molar-refractivity contribution is 0.590. The van der Waals surface area contributed by atoms with Gasteiger partial charge in [0.25, 0.3) is 0 Å². The summed E-state index contributed by atoms with van der Waals surface area (Å²) in [6.45, 7) is 13.1. The molecule has 0 aliphatic carbocycles. The summed E-state index contributed by atoms with van der Waals surface area (Å²) in [6.07, 6.45) is 1.89. The second-order valence-electron chi connectivity index (χ2n) is 13.5. The monoisotopic (exact) mass is 612 g/mol. The number of hydrogen-bond acceptors (Lipinski definition) is 4. The lowest BCUT2D eigenvalue weighted by Crippen LogP contribution is -2.13. The average molecular weight is 613 g/mol. The maximum atomic E-state index is 6.18. The fraction of sp³-hybridized carbons (Fsp3) is 0.167. The van der Waals surface area contributed by atoms with Crippen LogP contribution in [0.4, 0.5) is 0 Å². The van der Waals surface area contributed by atoms with Crippen LogP contribution < -0.4 is 0 Å². The van der Waals surface area contributed by atoms with Crippen LogP contribution >= 0.6 is 0 Å². The average Bonchev–Trinajstić information content (AvgIpc) is 3.63. The van der Waals surface area contributed by atoms with Crippen molar-refractivity contribution in [2.75, 3.05) is 0 Å². The number of hydrogen-bond donors (Lipinski definition) is 0. The summed E-state index contributed by atoms with van der Waals surface area (Å²) in [4.78, 5) is 15.2. The Morgan fingerprint density at radius 2 is 1.34 bits per heavy atom. The highest BCUT2D eigenvalue weighted by atomic mass is 16.3. The molecule has 0 spiro atoms. The van der Waals surface area contributed by atoms with Gasteiger partial charge in [-0.15, -0.1) is 0 Å². The normalized spacial score (nSPS) is 12.0. The fourth-order valence-electron chi connectivity index (χ4n) is 6.84. The van der Waals surface area contributed by atoms with Crippen molar-refractivity contribution >= 4 is 33.1 Å². The Kier molecular flexibility index (Phi) is 6.62. The molecule has 4 aromatic heterocycles. The van der Waals surface area contributed by atoms with Crippen LogP contribution in [0, 0.1) is 20.8 Å². The standard InChI is InChI=1S/C42H36N4O/c1-25-14-13-19-36-37(25)34-21-30(24-43-41(34)47-36)40-45-35-20-26(2)44-27(3)38(35)46(40)39-32(28-15-9-7-10-16-28)22-31(42(4,5)6)23-33(39)29-17-11-8-12-18-29/h7-24H,1-6H3. The first kappa shape index (κ1) is 28.9. The van der Waals surface area contributed by atoms with E-state index in [-0.39, 0.29) is 5.41 Å². The molecule has 0 N–H and O–H groups in total. The zero-order chi connectivity index (χ0) is 32.4. The molecule has 5 nitrogen and oxygen atoms in total. The molecule has 47 heavy (non-hydrogen) atoms. The summed E-state index contributed by atoms with van der Waals surface area (Å²) >= 11 is 0. The number of benzene rings is 4. The molecule has 0 aliphatic rings. The molecule has 0 bridgehead atoms. The number of rotatable bonds is 4. The Labute approximate surface area is 274 Å². The number of imidazole rings is 1. The van der Waals surface area contributed by atoms with Crippen molar-refractivity contribution in [1.29, 1.82) is 0 Å². The van der Waals surface area contributed by atoms with E-state index in [0.717, 1.165) is 83.7 Å². The minimum atomic E-state index is -0.0742. The Balaban J connectivity index is 1.55. The molecule has 0 aliphatic heterocycles. The molecule has 0 amide bonds. The van der Waals surface area contributed by atoms with Gasteiger partial charge in [0.15, 0.2) is 0 Å². The van der Waals surface area contributed by atoms with Crippen LogP contribution in [0.3, 0.4) is 0 Å². The Morgan fingerprint density at radius 1 is 0.681 bits per heavy atom. The van der Waals surface area contributed by atoms with Gasteiger partial charge in [-0.1, -0.05) is 93.6 Å². The van der Waals surface area contributed by atoms with Crippen molar-refractivity contribution in [2.24, 2.45) is 0 Å². The van der Waals surface area contributed by atoms with Gasteiger partial charge in [-0.25, -0.2) is 9.97 Å². The van der Waals surface area contributed by atoms with E-state index in [1.807, 2.05) is 25.3 Å². The van der Waals surface area contributed by atoms with Crippen LogP contribution in [-0.2, 0) is 5.41 Å². The van der Waals surface area contributed by atoms with Gasteiger partial charge >= 0.3 is 0 Å². The zero-order valence-electron chi connectivity index (χ0n) is 27.6. The SMILES string of the molecule is Cc1cc2nc(-c3cnc4oc5cccc(C)c5c4c3)n(-c3c(-c4ccccc4)cc(C(C)(C)C)cc3-c3ccccc3)c2c(C)n1. The van der Waals surface area contributed by atoms with Gasteiger partial charge in [0.1, 0.15) is 11.4 Å². The fourth-order valence-corrected chi connectivity index (χ4v) is 6.84. The van der Waals surface area contributed by atoms with E-state index in [0.29, 0.717) is 5.71 Å². The van der Waals surface area contributed by atoms with Gasteiger partial charge in [-0.05, 0) is 78.8 Å². The molecule has 0 unspecified atom stereocenters. The van der Waals surface area contributed by atoms with Gasteiger partial charge in [-0.2, -0.15) is 0 Å². The lowest BCUT2D eigenvalue weighted by atomic mass is 9.82. The maximum absolute atomic E-state index is 6.18. The third-order valence-electron chi connectivity index (χ3n) is 9.13. The second-order valence-corrected chi connectivity index (χ2v) is 13.5. The Bertz CT molecular complexity index is 2400. The second kappa shape index (κ2) is 10.8. The van der Waals surface area contributed by atoms with E-state index in [9.17, 15) is 0 Å². The van der Waals surface area contributed by atoms with E-state index in [1.165, 1.54) is 5.56 Å². The van der Waals surface area contributed by atoms with E-state index < -0.39 is 0 Å². The minimum absolute atomic E-state index is 0.0742. The van der Waals surface area contributed by atoms with Gasteiger partial charge in [0.2, 0.25) is 5.71 Å². The summed E-state index contributed by atoms with van der Waals surface area (Å²) in [5.41, 5.74) is 14.1. The highest BCUT2D eigenvalue weighted by Crippen LogP contribution is 2.44. The predicted molar refractivity (Wildman–Crippen MR) is 193 cm³/mol. The molecule has 5 heteroatoms. The van der Waals surface area contributed by atoms with Crippen LogP contribution in [0.25, 0.3) is 72.4 Å². The van der Waals surface area contributed by atoms with Gasteiger partial charge in [-0.3, -0.25) is 9.55 Å². The van der Waals surface area contributed by atoms with E-state index in [1.54, 1.807) is 0 Å². The molecular formula is C42H36N4O. The highest BCUT2D eigenvalue weighted by molar-refractivity contribution is 6.06. The van der Waals surface area contributed by atoms with E-state index in [2.05, 4.69) is 130 Å². The maximum Gasteiger partial charge on any atom is 0.227 e. The molecule has 0 atom stereocenters.